The van der Waals surface area contributed by atoms with Gasteiger partial charge in [0.1, 0.15) is 0 Å². The van der Waals surface area contributed by atoms with E-state index in [0.717, 1.165) is 0 Å². The van der Waals surface area contributed by atoms with Crippen LogP contribution < -0.4 is 0 Å². The number of rotatable bonds is 7. The minimum atomic E-state index is -1.65. The van der Waals surface area contributed by atoms with Gasteiger partial charge in [0.05, 0.1) is 13.2 Å². The van der Waals surface area contributed by atoms with Crippen molar-refractivity contribution in [3.05, 3.63) is 36.5 Å². The van der Waals surface area contributed by atoms with Gasteiger partial charge in [0.25, 0.3) is 0 Å². The largest absolute Gasteiger partial charge is 0.463 e. The highest BCUT2D eigenvalue weighted by Gasteiger charge is 2.36. The normalized spacial score (nSPS) is 13.7. The fourth-order valence-electron chi connectivity index (χ4n) is 1.06. The van der Waals surface area contributed by atoms with Gasteiger partial charge in [-0.3, -0.25) is 0 Å². The Morgan fingerprint density at radius 2 is 1.70 bits per heavy atom. The Balaban J connectivity index is 4.02. The van der Waals surface area contributed by atoms with Gasteiger partial charge in [-0.25, -0.2) is 4.79 Å². The summed E-state index contributed by atoms with van der Waals surface area (Å²) >= 11 is 0. The number of carbonyl (C=O) groups excluding carboxylic acids is 1. The fourth-order valence-corrected chi connectivity index (χ4v) is 2.01. The van der Waals surface area contributed by atoms with Crippen molar-refractivity contribution in [3.8, 4) is 0 Å². The lowest BCUT2D eigenvalue weighted by Crippen LogP contribution is -2.40. The molecule has 0 N–H and O–H groups in total. The van der Waals surface area contributed by atoms with Crippen LogP contribution in [0.5, 0.6) is 0 Å². The van der Waals surface area contributed by atoms with Gasteiger partial charge in [0, 0.05) is 6.08 Å². The number of esters is 1. The highest BCUT2D eigenvalue weighted by Crippen LogP contribution is 2.36. The third-order valence-electron chi connectivity index (χ3n) is 3.33. The van der Waals surface area contributed by atoms with Crippen molar-refractivity contribution >= 4 is 14.3 Å². The minimum Gasteiger partial charge on any atom is -0.463 e. The van der Waals surface area contributed by atoms with Crippen molar-refractivity contribution in [2.24, 2.45) is 0 Å². The van der Waals surface area contributed by atoms with E-state index in [1.54, 1.807) is 19.1 Å². The zero-order chi connectivity index (χ0) is 15.6. The van der Waals surface area contributed by atoms with E-state index in [1.165, 1.54) is 6.08 Å². The molecule has 0 aromatic heterocycles. The maximum atomic E-state index is 11.0. The summed E-state index contributed by atoms with van der Waals surface area (Å²) in [6.45, 7) is 14.0. The molecule has 0 radical (unpaired) electrons. The Bertz CT molecular complexity index is 374. The molecule has 0 aromatic rings. The molecule has 0 aliphatic rings. The van der Waals surface area contributed by atoms with E-state index in [2.05, 4.69) is 33.9 Å². The van der Waals surface area contributed by atoms with E-state index in [0.29, 0.717) is 13.2 Å². The van der Waals surface area contributed by atoms with E-state index < -0.39 is 8.32 Å². The smallest absolute Gasteiger partial charge is 0.330 e. The predicted octanol–water partition coefficient (Wildman–Crippen LogP) is 4.24. The molecule has 0 atom stereocenters. The maximum absolute atomic E-state index is 11.0. The van der Waals surface area contributed by atoms with Crippen LogP contribution in [0.1, 0.15) is 27.7 Å². The number of allylic oxidation sites excluding steroid dienone is 4. The molecule has 0 aliphatic carbocycles. The molecule has 0 heterocycles. The van der Waals surface area contributed by atoms with E-state index in [-0.39, 0.29) is 11.0 Å². The molecule has 0 fully saturated rings. The van der Waals surface area contributed by atoms with Crippen molar-refractivity contribution in [1.29, 1.82) is 0 Å². The molecule has 20 heavy (non-hydrogen) atoms. The predicted molar refractivity (Wildman–Crippen MR) is 87.2 cm³/mol. The highest BCUT2D eigenvalue weighted by molar-refractivity contribution is 6.74. The lowest BCUT2D eigenvalue weighted by atomic mass is 10.2. The fraction of sp³-hybridized carbons (Fsp3) is 0.562. The average molecular weight is 296 g/mol. The van der Waals surface area contributed by atoms with Gasteiger partial charge in [-0.05, 0) is 25.1 Å². The van der Waals surface area contributed by atoms with Crippen LogP contribution in [0, 0.1) is 0 Å². The van der Waals surface area contributed by atoms with Crippen molar-refractivity contribution < 1.29 is 14.0 Å². The van der Waals surface area contributed by atoms with Crippen LogP contribution in [0.4, 0.5) is 0 Å². The lowest BCUT2D eigenvalue weighted by Gasteiger charge is -2.35. The number of hydrogen-bond donors (Lipinski definition) is 0. The van der Waals surface area contributed by atoms with Gasteiger partial charge in [-0.1, -0.05) is 51.2 Å². The van der Waals surface area contributed by atoms with Crippen LogP contribution in [-0.2, 0) is 14.0 Å². The molecule has 0 spiro atoms. The Morgan fingerprint density at radius 3 is 2.25 bits per heavy atom. The second-order valence-electron chi connectivity index (χ2n) is 6.00. The Kier molecular flexibility index (Phi) is 8.42. The summed E-state index contributed by atoms with van der Waals surface area (Å²) in [4.78, 5) is 11.0. The third kappa shape index (κ3) is 8.12. The first-order chi connectivity index (χ1) is 9.20. The van der Waals surface area contributed by atoms with Crippen LogP contribution >= 0.6 is 0 Å². The standard InChI is InChI=1S/C16H28O3Si/c1-7-18-15(17)13-11-9-8-10-12-14-19-20(5,6)16(2,3)4/h8-13H,7,14H2,1-6H3/b9-8+,12-10+,13-11+. The molecule has 0 aliphatic heterocycles. The van der Waals surface area contributed by atoms with E-state index >= 15 is 0 Å². The molecule has 3 nitrogen and oxygen atoms in total. The SMILES string of the molecule is CCOC(=O)/C=C/C=C/C=C/CO[Si](C)(C)C(C)(C)C. The van der Waals surface area contributed by atoms with E-state index in [4.69, 9.17) is 9.16 Å². The number of ether oxygens (including phenoxy) is 1. The molecule has 0 bridgehead atoms. The summed E-state index contributed by atoms with van der Waals surface area (Å²) in [6, 6.07) is 0. The van der Waals surface area contributed by atoms with Crippen LogP contribution in [-0.4, -0.2) is 27.5 Å². The molecule has 4 heteroatoms. The molecule has 0 amide bonds. The van der Waals surface area contributed by atoms with Gasteiger partial charge in [0.15, 0.2) is 8.32 Å². The molecular formula is C16H28O3Si. The van der Waals surface area contributed by atoms with Crippen LogP contribution in [0.2, 0.25) is 18.1 Å². The summed E-state index contributed by atoms with van der Waals surface area (Å²) in [5.41, 5.74) is 0. The van der Waals surface area contributed by atoms with E-state index in [9.17, 15) is 4.79 Å². The van der Waals surface area contributed by atoms with Gasteiger partial charge in [0.2, 0.25) is 0 Å². The highest BCUT2D eigenvalue weighted by atomic mass is 28.4. The first kappa shape index (κ1) is 18.9. The zero-order valence-corrected chi connectivity index (χ0v) is 14.6. The number of carbonyl (C=O) groups is 1. The molecule has 0 saturated carbocycles. The Hall–Kier alpha value is -1.13. The molecule has 0 saturated heterocycles. The minimum absolute atomic E-state index is 0.235. The first-order valence-corrected chi connectivity index (χ1v) is 9.92. The number of hydrogen-bond acceptors (Lipinski definition) is 3. The Labute approximate surface area is 124 Å². The van der Waals surface area contributed by atoms with Crippen LogP contribution in [0.15, 0.2) is 36.5 Å². The summed E-state index contributed by atoms with van der Waals surface area (Å²) in [5.74, 6) is -0.317. The topological polar surface area (TPSA) is 35.5 Å². The molecular weight excluding hydrogens is 268 g/mol. The van der Waals surface area contributed by atoms with Gasteiger partial charge in [-0.15, -0.1) is 0 Å². The zero-order valence-electron chi connectivity index (χ0n) is 13.6. The summed E-state index contributed by atoms with van der Waals surface area (Å²) in [6.07, 6.45) is 10.6. The van der Waals surface area contributed by atoms with Gasteiger partial charge >= 0.3 is 5.97 Å². The van der Waals surface area contributed by atoms with Crippen molar-refractivity contribution in [3.63, 3.8) is 0 Å². The quantitative estimate of drug-likeness (QED) is 0.305. The van der Waals surface area contributed by atoms with Crippen LogP contribution in [0.25, 0.3) is 0 Å². The second kappa shape index (κ2) is 8.92. The first-order valence-electron chi connectivity index (χ1n) is 7.01. The van der Waals surface area contributed by atoms with E-state index in [1.807, 2.05) is 18.2 Å². The lowest BCUT2D eigenvalue weighted by molar-refractivity contribution is -0.137. The van der Waals surface area contributed by atoms with Crippen molar-refractivity contribution in [2.45, 2.75) is 45.8 Å². The van der Waals surface area contributed by atoms with Crippen LogP contribution in [0.3, 0.4) is 0 Å². The summed E-state index contributed by atoms with van der Waals surface area (Å²) < 4.78 is 10.8. The molecule has 114 valence electrons. The van der Waals surface area contributed by atoms with Gasteiger partial charge in [-0.2, -0.15) is 0 Å². The second-order valence-corrected chi connectivity index (χ2v) is 10.8. The van der Waals surface area contributed by atoms with Crippen molar-refractivity contribution in [1.82, 2.24) is 0 Å². The van der Waals surface area contributed by atoms with Crippen molar-refractivity contribution in [2.75, 3.05) is 13.2 Å². The summed E-state index contributed by atoms with van der Waals surface area (Å²) in [7, 11) is -1.65. The monoisotopic (exact) mass is 296 g/mol. The molecule has 0 unspecified atom stereocenters. The van der Waals surface area contributed by atoms with Gasteiger partial charge < -0.3 is 9.16 Å². The molecule has 0 rings (SSSR count). The average Bonchev–Trinajstić information content (AvgIpc) is 2.31. The molecule has 0 aromatic carbocycles. The third-order valence-corrected chi connectivity index (χ3v) is 7.84. The Morgan fingerprint density at radius 1 is 1.10 bits per heavy atom. The summed E-state index contributed by atoms with van der Waals surface area (Å²) in [5, 5.41) is 0.235. The maximum Gasteiger partial charge on any atom is 0.330 e.